The average Bonchev–Trinajstić information content (AvgIpc) is 2.68. The molecule has 1 amide bonds. The summed E-state index contributed by atoms with van der Waals surface area (Å²) in [5.74, 6) is -3.25. The molecule has 0 spiro atoms. The lowest BCUT2D eigenvalue weighted by Gasteiger charge is -2.32. The third-order valence-corrected chi connectivity index (χ3v) is 3.76. The molecule has 0 radical (unpaired) electrons. The van der Waals surface area contributed by atoms with Crippen LogP contribution in [0.3, 0.4) is 0 Å². The molecule has 1 aliphatic rings. The second-order valence-electron chi connectivity index (χ2n) is 4.15. The molecule has 1 aromatic rings. The molecule has 0 bridgehead atoms. The monoisotopic (exact) mass is 260 g/mol. The molecular weight excluding hydrogens is 246 g/mol. The summed E-state index contributed by atoms with van der Waals surface area (Å²) in [6.45, 7) is 2.28. The van der Waals surface area contributed by atoms with E-state index in [1.165, 1.54) is 11.3 Å². The molecule has 2 N–H and O–H groups in total. The van der Waals surface area contributed by atoms with Crippen LogP contribution in [0.25, 0.3) is 0 Å². The summed E-state index contributed by atoms with van der Waals surface area (Å²) in [5.41, 5.74) is 0. The Balaban J connectivity index is 2.03. The van der Waals surface area contributed by atoms with E-state index < -0.39 is 17.9 Å². The van der Waals surface area contributed by atoms with Crippen molar-refractivity contribution in [3.63, 3.8) is 0 Å². The van der Waals surface area contributed by atoms with Crippen LogP contribution in [0.2, 0.25) is 0 Å². The topological polar surface area (TPSA) is 41.1 Å². The zero-order chi connectivity index (χ0) is 12.5. The summed E-state index contributed by atoms with van der Waals surface area (Å²) >= 11 is 1.31. The Bertz CT molecular complexity index is 419. The van der Waals surface area contributed by atoms with E-state index in [1.807, 2.05) is 6.92 Å². The van der Waals surface area contributed by atoms with E-state index in [1.54, 1.807) is 12.1 Å². The molecule has 1 saturated heterocycles. The molecule has 2 heterocycles. The molecule has 17 heavy (non-hydrogen) atoms. The molecule has 0 saturated carbocycles. The number of hydrogen-bond donors (Lipinski definition) is 2. The van der Waals surface area contributed by atoms with Gasteiger partial charge in [0.1, 0.15) is 6.04 Å². The van der Waals surface area contributed by atoms with Crippen LogP contribution < -0.4 is 10.6 Å². The molecule has 2 rings (SSSR count). The van der Waals surface area contributed by atoms with Gasteiger partial charge in [-0.05, 0) is 19.1 Å². The van der Waals surface area contributed by atoms with Gasteiger partial charge in [0.2, 0.25) is 0 Å². The molecule has 0 aliphatic carbocycles. The molecule has 6 heteroatoms. The predicted molar refractivity (Wildman–Crippen MR) is 62.7 cm³/mol. The van der Waals surface area contributed by atoms with Crippen LogP contribution in [0.4, 0.5) is 8.78 Å². The van der Waals surface area contributed by atoms with Crippen molar-refractivity contribution in [2.75, 3.05) is 13.1 Å². The van der Waals surface area contributed by atoms with Gasteiger partial charge < -0.3 is 10.6 Å². The third kappa shape index (κ3) is 2.81. The highest BCUT2D eigenvalue weighted by Crippen LogP contribution is 2.25. The summed E-state index contributed by atoms with van der Waals surface area (Å²) < 4.78 is 27.0. The molecule has 3 nitrogen and oxygen atoms in total. The van der Waals surface area contributed by atoms with Crippen LogP contribution >= 0.6 is 11.3 Å². The summed E-state index contributed by atoms with van der Waals surface area (Å²) in [6, 6.07) is 2.34. The smallest absolute Gasteiger partial charge is 0.270 e. The highest BCUT2D eigenvalue weighted by molar-refractivity contribution is 7.13. The first-order valence-corrected chi connectivity index (χ1v) is 6.26. The summed E-state index contributed by atoms with van der Waals surface area (Å²) in [6.07, 6.45) is -0.235. The van der Waals surface area contributed by atoms with Crippen LogP contribution in [0.5, 0.6) is 0 Å². The number of nitrogens with one attached hydrogen (secondary N) is 2. The quantitative estimate of drug-likeness (QED) is 0.851. The van der Waals surface area contributed by atoms with Crippen LogP contribution in [0, 0.1) is 6.92 Å². The second kappa shape index (κ2) is 4.70. The molecule has 0 aromatic carbocycles. The normalized spacial score (nSPS) is 23.4. The molecule has 1 atom stereocenters. The first kappa shape index (κ1) is 12.4. The standard InChI is InChI=1S/C11H14F2N2OS/c1-7-2-3-8(17-7)10(16)15-9-6-14-5-4-11(9,12)13/h2-3,9,14H,4-6H2,1H3,(H,15,16)/t9-/m1/s1. The average molecular weight is 260 g/mol. The fourth-order valence-corrected chi connectivity index (χ4v) is 2.54. The first-order chi connectivity index (χ1) is 7.99. The van der Waals surface area contributed by atoms with Crippen molar-refractivity contribution >= 4 is 17.2 Å². The van der Waals surface area contributed by atoms with Gasteiger partial charge in [0.25, 0.3) is 11.8 Å². The van der Waals surface area contributed by atoms with Crippen LogP contribution in [0.1, 0.15) is 21.0 Å². The van der Waals surface area contributed by atoms with Crippen molar-refractivity contribution in [1.29, 1.82) is 0 Å². The number of hydrogen-bond acceptors (Lipinski definition) is 3. The predicted octanol–water partition coefficient (Wildman–Crippen LogP) is 1.78. The Kier molecular flexibility index (Phi) is 3.44. The third-order valence-electron chi connectivity index (χ3n) is 2.76. The van der Waals surface area contributed by atoms with Gasteiger partial charge in [-0.15, -0.1) is 11.3 Å². The number of rotatable bonds is 2. The zero-order valence-corrected chi connectivity index (χ0v) is 10.2. The number of carbonyl (C=O) groups is 1. The van der Waals surface area contributed by atoms with Crippen LogP contribution in [0.15, 0.2) is 12.1 Å². The lowest BCUT2D eigenvalue weighted by atomic mass is 10.0. The number of piperidine rings is 1. The molecule has 94 valence electrons. The van der Waals surface area contributed by atoms with E-state index in [0.29, 0.717) is 4.88 Å². The van der Waals surface area contributed by atoms with E-state index in [9.17, 15) is 13.6 Å². The Labute approximate surface area is 102 Å². The van der Waals surface area contributed by atoms with Gasteiger partial charge in [0.15, 0.2) is 0 Å². The molecule has 1 fully saturated rings. The second-order valence-corrected chi connectivity index (χ2v) is 5.44. The summed E-state index contributed by atoms with van der Waals surface area (Å²) in [4.78, 5) is 13.2. The van der Waals surface area contributed by atoms with Gasteiger partial charge in [-0.2, -0.15) is 0 Å². The van der Waals surface area contributed by atoms with Crippen molar-refractivity contribution in [2.45, 2.75) is 25.3 Å². The van der Waals surface area contributed by atoms with E-state index >= 15 is 0 Å². The van der Waals surface area contributed by atoms with Gasteiger partial charge in [-0.3, -0.25) is 4.79 Å². The van der Waals surface area contributed by atoms with Crippen molar-refractivity contribution < 1.29 is 13.6 Å². The molecule has 1 aromatic heterocycles. The maximum atomic E-state index is 13.5. The minimum absolute atomic E-state index is 0.114. The molecular formula is C11H14F2N2OS. The number of aryl methyl sites for hydroxylation is 1. The Hall–Kier alpha value is -1.01. The van der Waals surface area contributed by atoms with Crippen molar-refractivity contribution in [3.8, 4) is 0 Å². The SMILES string of the molecule is Cc1ccc(C(=O)N[C@@H]2CNCCC2(F)F)s1. The van der Waals surface area contributed by atoms with Gasteiger partial charge >= 0.3 is 0 Å². The van der Waals surface area contributed by atoms with Crippen LogP contribution in [-0.2, 0) is 0 Å². The summed E-state index contributed by atoms with van der Waals surface area (Å²) in [5, 5.41) is 5.26. The number of carbonyl (C=O) groups excluding carboxylic acids is 1. The number of halogens is 2. The maximum Gasteiger partial charge on any atom is 0.270 e. The minimum atomic E-state index is -2.83. The van der Waals surface area contributed by atoms with Gasteiger partial charge in [0.05, 0.1) is 4.88 Å². The van der Waals surface area contributed by atoms with Gasteiger partial charge in [-0.1, -0.05) is 0 Å². The maximum absolute atomic E-state index is 13.5. The van der Waals surface area contributed by atoms with E-state index in [0.717, 1.165) is 4.88 Å². The number of thiophene rings is 1. The Morgan fingerprint density at radius 3 is 2.94 bits per heavy atom. The lowest BCUT2D eigenvalue weighted by molar-refractivity contribution is -0.0542. The Morgan fingerprint density at radius 1 is 1.59 bits per heavy atom. The zero-order valence-electron chi connectivity index (χ0n) is 9.43. The van der Waals surface area contributed by atoms with E-state index in [-0.39, 0.29) is 19.5 Å². The molecule has 0 unspecified atom stereocenters. The van der Waals surface area contributed by atoms with Gasteiger partial charge in [0, 0.05) is 24.4 Å². The van der Waals surface area contributed by atoms with Crippen LogP contribution in [-0.4, -0.2) is 31.0 Å². The highest BCUT2D eigenvalue weighted by atomic mass is 32.1. The van der Waals surface area contributed by atoms with E-state index in [4.69, 9.17) is 0 Å². The van der Waals surface area contributed by atoms with Crippen molar-refractivity contribution in [2.24, 2.45) is 0 Å². The highest BCUT2D eigenvalue weighted by Gasteiger charge is 2.42. The number of amides is 1. The van der Waals surface area contributed by atoms with Crippen molar-refractivity contribution in [1.82, 2.24) is 10.6 Å². The molecule has 1 aliphatic heterocycles. The fourth-order valence-electron chi connectivity index (χ4n) is 1.77. The van der Waals surface area contributed by atoms with E-state index in [2.05, 4.69) is 10.6 Å². The first-order valence-electron chi connectivity index (χ1n) is 5.45. The van der Waals surface area contributed by atoms with Gasteiger partial charge in [-0.25, -0.2) is 8.78 Å². The Morgan fingerprint density at radius 2 is 2.35 bits per heavy atom. The number of alkyl halides is 2. The summed E-state index contributed by atoms with van der Waals surface area (Å²) in [7, 11) is 0. The fraction of sp³-hybridized carbons (Fsp3) is 0.545. The lowest BCUT2D eigenvalue weighted by Crippen LogP contribution is -2.57. The van der Waals surface area contributed by atoms with Crippen molar-refractivity contribution in [3.05, 3.63) is 21.9 Å². The largest absolute Gasteiger partial charge is 0.341 e. The minimum Gasteiger partial charge on any atom is -0.341 e.